The van der Waals surface area contributed by atoms with Crippen molar-refractivity contribution in [3.05, 3.63) is 47.8 Å². The summed E-state index contributed by atoms with van der Waals surface area (Å²) in [5.41, 5.74) is 1.28. The molecule has 0 bridgehead atoms. The molecule has 10 heteroatoms. The van der Waals surface area contributed by atoms with Gasteiger partial charge < -0.3 is 20.5 Å². The molecule has 4 rings (SSSR count). The molecule has 1 saturated heterocycles. The van der Waals surface area contributed by atoms with Gasteiger partial charge in [-0.1, -0.05) is 0 Å². The first kappa shape index (κ1) is 22.6. The second kappa shape index (κ2) is 8.42. The number of carbonyl (C=O) groups excluding carboxylic acids is 1. The van der Waals surface area contributed by atoms with Gasteiger partial charge in [-0.3, -0.25) is 9.78 Å². The summed E-state index contributed by atoms with van der Waals surface area (Å²) in [6, 6.07) is 9.19. The van der Waals surface area contributed by atoms with Crippen LogP contribution >= 0.6 is 0 Å². The summed E-state index contributed by atoms with van der Waals surface area (Å²) in [6.45, 7) is 5.29. The average Bonchev–Trinajstić information content (AvgIpc) is 3.18. The molecule has 1 aliphatic rings. The van der Waals surface area contributed by atoms with Gasteiger partial charge in [0.2, 0.25) is 0 Å². The Labute approximate surface area is 190 Å². The van der Waals surface area contributed by atoms with Gasteiger partial charge in [0.15, 0.2) is 0 Å². The Hall–Kier alpha value is -3.55. The van der Waals surface area contributed by atoms with E-state index in [2.05, 4.69) is 26.8 Å². The van der Waals surface area contributed by atoms with Crippen LogP contribution in [0.25, 0.3) is 16.9 Å². The van der Waals surface area contributed by atoms with Gasteiger partial charge in [-0.2, -0.15) is 10.4 Å². The second-order valence-corrected chi connectivity index (χ2v) is 9.04. The summed E-state index contributed by atoms with van der Waals surface area (Å²) in [4.78, 5) is 17.3. The van der Waals surface area contributed by atoms with E-state index in [1.807, 2.05) is 19.1 Å². The molecule has 1 aliphatic heterocycles. The minimum Gasteiger partial charge on any atom is -0.387 e. The van der Waals surface area contributed by atoms with Crippen molar-refractivity contribution in [2.75, 3.05) is 25.1 Å². The number of hydrogen-bond acceptors (Lipinski definition) is 7. The number of halogens is 1. The lowest BCUT2D eigenvalue weighted by Gasteiger charge is -2.40. The Bertz CT molecular complexity index is 1240. The predicted octanol–water partition coefficient (Wildman–Crippen LogP) is 2.31. The van der Waals surface area contributed by atoms with Crippen molar-refractivity contribution in [1.29, 1.82) is 5.26 Å². The molecule has 0 aromatic carbocycles. The highest BCUT2D eigenvalue weighted by Gasteiger charge is 2.34. The Morgan fingerprint density at radius 1 is 1.39 bits per heavy atom. The van der Waals surface area contributed by atoms with Crippen molar-refractivity contribution in [2.24, 2.45) is 0 Å². The largest absolute Gasteiger partial charge is 0.387 e. The van der Waals surface area contributed by atoms with Crippen LogP contribution in [0.1, 0.15) is 36.7 Å². The summed E-state index contributed by atoms with van der Waals surface area (Å²) in [7, 11) is 0. The number of nitriles is 1. The van der Waals surface area contributed by atoms with Crippen molar-refractivity contribution in [3.63, 3.8) is 0 Å². The molecule has 1 unspecified atom stereocenters. The summed E-state index contributed by atoms with van der Waals surface area (Å²) in [6.07, 6.45) is 1.27. The molecule has 33 heavy (non-hydrogen) atoms. The Balaban J connectivity index is 1.67. The Morgan fingerprint density at radius 3 is 2.79 bits per heavy atom. The molecule has 3 aromatic rings. The van der Waals surface area contributed by atoms with Crippen LogP contribution in [0.3, 0.4) is 0 Å². The maximum atomic E-state index is 14.1. The number of nitrogens with zero attached hydrogens (tertiary/aromatic N) is 4. The molecule has 1 atom stereocenters. The maximum Gasteiger partial charge on any atom is 0.255 e. The molecular weight excluding hydrogens is 427 g/mol. The zero-order chi connectivity index (χ0) is 23.8. The van der Waals surface area contributed by atoms with E-state index in [-0.39, 0.29) is 17.6 Å². The number of rotatable bonds is 7. The van der Waals surface area contributed by atoms with Crippen molar-refractivity contribution in [1.82, 2.24) is 19.9 Å². The number of pyridine rings is 1. The lowest BCUT2D eigenvalue weighted by molar-refractivity contribution is -0.0318. The minimum atomic E-state index is -1.63. The molecular formula is C23H25FN6O3. The van der Waals surface area contributed by atoms with Crippen LogP contribution in [0.5, 0.6) is 0 Å². The van der Waals surface area contributed by atoms with Crippen molar-refractivity contribution < 1.29 is 19.0 Å². The number of nitrogens with one attached hydrogen (secondary N) is 2. The molecule has 1 amide bonds. The van der Waals surface area contributed by atoms with Crippen LogP contribution < -0.4 is 10.6 Å². The monoisotopic (exact) mass is 452 g/mol. The van der Waals surface area contributed by atoms with Gasteiger partial charge in [0, 0.05) is 6.20 Å². The number of ether oxygens (including phenoxy) is 1. The van der Waals surface area contributed by atoms with Crippen molar-refractivity contribution in [2.45, 2.75) is 38.1 Å². The van der Waals surface area contributed by atoms with Crippen LogP contribution in [0.2, 0.25) is 0 Å². The topological polar surface area (TPSA) is 125 Å². The first-order valence-corrected chi connectivity index (χ1v) is 10.5. The van der Waals surface area contributed by atoms with Gasteiger partial charge in [0.1, 0.15) is 12.2 Å². The molecule has 172 valence electrons. The molecule has 9 nitrogen and oxygen atoms in total. The fourth-order valence-electron chi connectivity index (χ4n) is 3.47. The van der Waals surface area contributed by atoms with E-state index in [9.17, 15) is 14.3 Å². The smallest absolute Gasteiger partial charge is 0.255 e. The number of alkyl halides is 1. The van der Waals surface area contributed by atoms with Gasteiger partial charge in [0.25, 0.3) is 5.91 Å². The average molecular weight is 452 g/mol. The molecule has 0 radical (unpaired) electrons. The van der Waals surface area contributed by atoms with E-state index in [1.54, 1.807) is 16.6 Å². The number of fused-ring (bicyclic) bond motifs is 1. The number of carbonyl (C=O) groups is 1. The number of hydrogen-bond donors (Lipinski definition) is 3. The SMILES string of the molecule is CC1(Nc2cc(-c3ccc4cc(C#N)cnn34)ncc2C(=O)NCC(F)C(C)(C)O)COC1. The van der Waals surface area contributed by atoms with Crippen LogP contribution in [0.4, 0.5) is 10.1 Å². The predicted molar refractivity (Wildman–Crippen MR) is 120 cm³/mol. The third-order valence-electron chi connectivity index (χ3n) is 5.53. The van der Waals surface area contributed by atoms with Crippen LogP contribution in [0, 0.1) is 11.3 Å². The summed E-state index contributed by atoms with van der Waals surface area (Å²) >= 11 is 0. The van der Waals surface area contributed by atoms with Gasteiger partial charge in [-0.05, 0) is 45.0 Å². The lowest BCUT2D eigenvalue weighted by Crippen LogP contribution is -2.53. The first-order chi connectivity index (χ1) is 15.6. The molecule has 3 N–H and O–H groups in total. The van der Waals surface area contributed by atoms with E-state index in [1.165, 1.54) is 26.2 Å². The van der Waals surface area contributed by atoms with Crippen LogP contribution in [0.15, 0.2) is 36.7 Å². The van der Waals surface area contributed by atoms with Gasteiger partial charge in [-0.25, -0.2) is 8.91 Å². The highest BCUT2D eigenvalue weighted by Crippen LogP contribution is 2.29. The summed E-state index contributed by atoms with van der Waals surface area (Å²) in [5, 5.41) is 29.1. The third-order valence-corrected chi connectivity index (χ3v) is 5.53. The zero-order valence-corrected chi connectivity index (χ0v) is 18.6. The standard InChI is InChI=1S/C23H25FN6O3/c1-22(2,32)20(24)11-27-21(31)16-10-26-18(7-17(16)29-23(3)12-33-13-23)19-5-4-15-6-14(8-25)9-28-30(15)19/h4-7,9-10,20,32H,11-13H2,1-3H3,(H,26,29)(H,27,31). The van der Waals surface area contributed by atoms with Crippen molar-refractivity contribution in [3.8, 4) is 17.5 Å². The fraction of sp³-hybridized carbons (Fsp3) is 0.391. The van der Waals surface area contributed by atoms with E-state index in [0.29, 0.717) is 35.9 Å². The van der Waals surface area contributed by atoms with Gasteiger partial charge >= 0.3 is 0 Å². The Morgan fingerprint density at radius 2 is 2.15 bits per heavy atom. The summed E-state index contributed by atoms with van der Waals surface area (Å²) in [5.74, 6) is -0.510. The summed E-state index contributed by atoms with van der Waals surface area (Å²) < 4.78 is 21.1. The van der Waals surface area contributed by atoms with E-state index < -0.39 is 17.7 Å². The van der Waals surface area contributed by atoms with Crippen LogP contribution in [-0.2, 0) is 4.74 Å². The van der Waals surface area contributed by atoms with Crippen LogP contribution in [-0.4, -0.2) is 62.7 Å². The van der Waals surface area contributed by atoms with E-state index in [4.69, 9.17) is 10.00 Å². The van der Waals surface area contributed by atoms with Gasteiger partial charge in [-0.15, -0.1) is 0 Å². The van der Waals surface area contributed by atoms with Gasteiger partial charge in [0.05, 0.1) is 70.8 Å². The highest BCUT2D eigenvalue weighted by molar-refractivity contribution is 6.00. The third kappa shape index (κ3) is 4.65. The lowest BCUT2D eigenvalue weighted by atomic mass is 9.99. The first-order valence-electron chi connectivity index (χ1n) is 10.5. The molecule has 1 fully saturated rings. The molecule has 4 heterocycles. The second-order valence-electron chi connectivity index (χ2n) is 9.04. The van der Waals surface area contributed by atoms with E-state index in [0.717, 1.165) is 5.52 Å². The Kier molecular flexibility index (Phi) is 5.78. The molecule has 0 saturated carbocycles. The normalized spacial score (nSPS) is 16.0. The maximum absolute atomic E-state index is 14.1. The quantitative estimate of drug-likeness (QED) is 0.502. The fourth-order valence-corrected chi connectivity index (χ4v) is 3.47. The molecule has 0 spiro atoms. The van der Waals surface area contributed by atoms with Crippen molar-refractivity contribution >= 4 is 17.1 Å². The number of anilines is 1. The minimum absolute atomic E-state index is 0.246. The number of aromatic nitrogens is 3. The molecule has 0 aliphatic carbocycles. The zero-order valence-electron chi connectivity index (χ0n) is 18.6. The highest BCUT2D eigenvalue weighted by atomic mass is 19.1. The number of aliphatic hydroxyl groups is 1. The molecule has 3 aromatic heterocycles. The number of amides is 1. The van der Waals surface area contributed by atoms with E-state index >= 15 is 0 Å².